The predicted octanol–water partition coefficient (Wildman–Crippen LogP) is 2.83. The second kappa shape index (κ2) is 4.91. The highest BCUT2D eigenvalue weighted by Gasteiger charge is 2.33. The van der Waals surface area contributed by atoms with Crippen LogP contribution in [0.2, 0.25) is 0 Å². The minimum absolute atomic E-state index is 0.417. The summed E-state index contributed by atoms with van der Waals surface area (Å²) in [5.41, 5.74) is 8.99. The molecular formula is C15H23NO2S. The topological polar surface area (TPSA) is 60.2 Å². The Hall–Kier alpha value is -0.870. The monoisotopic (exact) mass is 281 g/mol. The molecule has 2 rings (SSSR count). The number of hydrogen-bond donors (Lipinski definition) is 1. The van der Waals surface area contributed by atoms with Gasteiger partial charge in [0.2, 0.25) is 0 Å². The molecule has 1 aromatic rings. The minimum Gasteiger partial charge on any atom is -0.321 e. The third-order valence-electron chi connectivity index (χ3n) is 4.28. The average Bonchev–Trinajstić information content (AvgIpc) is 2.31. The van der Waals surface area contributed by atoms with Gasteiger partial charge in [-0.1, -0.05) is 25.3 Å². The Morgan fingerprint density at radius 2 is 1.58 bits per heavy atom. The Morgan fingerprint density at radius 1 is 1.05 bits per heavy atom. The number of benzene rings is 1. The molecule has 106 valence electrons. The second-order valence-corrected chi connectivity index (χ2v) is 7.91. The molecule has 19 heavy (non-hydrogen) atoms. The van der Waals surface area contributed by atoms with E-state index in [4.69, 9.17) is 5.73 Å². The molecule has 3 nitrogen and oxygen atoms in total. The zero-order chi connectivity index (χ0) is 14.3. The van der Waals surface area contributed by atoms with Crippen molar-refractivity contribution in [3.05, 3.63) is 28.8 Å². The molecule has 1 fully saturated rings. The molecule has 1 aliphatic carbocycles. The number of rotatable bonds is 2. The number of nitrogens with two attached hydrogens (primary N) is 1. The van der Waals surface area contributed by atoms with E-state index in [-0.39, 0.29) is 0 Å². The summed E-state index contributed by atoms with van der Waals surface area (Å²) in [5.74, 6) is 0. The molecule has 0 saturated heterocycles. The molecule has 1 saturated carbocycles. The van der Waals surface area contributed by atoms with Gasteiger partial charge in [0.15, 0.2) is 9.84 Å². The SMILES string of the molecule is Cc1cc(C2(N)CCCCC2)c(S(C)(=O)=O)cc1C. The normalized spacial score (nSPS) is 19.4. The van der Waals surface area contributed by atoms with E-state index < -0.39 is 15.4 Å². The standard InChI is InChI=1S/C15H23NO2S/c1-11-9-13(15(16)7-5-4-6-8-15)14(10-12(11)2)19(3,17)18/h9-10H,4-8,16H2,1-3H3. The first kappa shape index (κ1) is 14.5. The quantitative estimate of drug-likeness (QED) is 0.906. The number of sulfone groups is 1. The van der Waals surface area contributed by atoms with E-state index in [1.807, 2.05) is 19.9 Å². The van der Waals surface area contributed by atoms with Crippen LogP contribution in [0.4, 0.5) is 0 Å². The van der Waals surface area contributed by atoms with E-state index >= 15 is 0 Å². The maximum absolute atomic E-state index is 12.0. The van der Waals surface area contributed by atoms with Crippen molar-refractivity contribution in [3.8, 4) is 0 Å². The lowest BCUT2D eigenvalue weighted by Crippen LogP contribution is -2.40. The lowest BCUT2D eigenvalue weighted by Gasteiger charge is -2.35. The lowest BCUT2D eigenvalue weighted by molar-refractivity contribution is 0.297. The Morgan fingerprint density at radius 3 is 2.11 bits per heavy atom. The van der Waals surface area contributed by atoms with Crippen molar-refractivity contribution in [2.45, 2.75) is 56.4 Å². The molecule has 0 heterocycles. The Kier molecular flexibility index (Phi) is 3.76. The first-order chi connectivity index (χ1) is 8.74. The van der Waals surface area contributed by atoms with Gasteiger partial charge in [0.05, 0.1) is 4.90 Å². The third kappa shape index (κ3) is 2.84. The van der Waals surface area contributed by atoms with Crippen molar-refractivity contribution in [2.24, 2.45) is 5.73 Å². The number of aryl methyl sites for hydroxylation is 2. The van der Waals surface area contributed by atoms with Gasteiger partial charge in [-0.3, -0.25) is 0 Å². The molecule has 0 radical (unpaired) electrons. The zero-order valence-electron chi connectivity index (χ0n) is 12.0. The third-order valence-corrected chi connectivity index (χ3v) is 5.41. The lowest BCUT2D eigenvalue weighted by atomic mass is 9.77. The Labute approximate surface area is 116 Å². The zero-order valence-corrected chi connectivity index (χ0v) is 12.8. The van der Waals surface area contributed by atoms with Gasteiger partial charge in [-0.15, -0.1) is 0 Å². The fourth-order valence-corrected chi connectivity index (χ4v) is 3.99. The molecule has 0 aromatic heterocycles. The van der Waals surface area contributed by atoms with Crippen LogP contribution in [0.3, 0.4) is 0 Å². The van der Waals surface area contributed by atoms with Gasteiger partial charge in [0, 0.05) is 11.8 Å². The van der Waals surface area contributed by atoms with Crippen LogP contribution in [0.15, 0.2) is 17.0 Å². The summed E-state index contributed by atoms with van der Waals surface area (Å²) < 4.78 is 24.1. The summed E-state index contributed by atoms with van der Waals surface area (Å²) in [5, 5.41) is 0. The van der Waals surface area contributed by atoms with Crippen LogP contribution < -0.4 is 5.73 Å². The van der Waals surface area contributed by atoms with Crippen LogP contribution in [-0.4, -0.2) is 14.7 Å². The predicted molar refractivity (Wildman–Crippen MR) is 78.0 cm³/mol. The summed E-state index contributed by atoms with van der Waals surface area (Å²) >= 11 is 0. The van der Waals surface area contributed by atoms with Crippen molar-refractivity contribution in [2.75, 3.05) is 6.26 Å². The van der Waals surface area contributed by atoms with E-state index in [0.29, 0.717) is 4.90 Å². The van der Waals surface area contributed by atoms with Crippen molar-refractivity contribution in [3.63, 3.8) is 0 Å². The highest BCUT2D eigenvalue weighted by molar-refractivity contribution is 7.90. The van der Waals surface area contributed by atoms with Crippen molar-refractivity contribution in [1.29, 1.82) is 0 Å². The Bertz CT molecular complexity index is 584. The molecule has 0 bridgehead atoms. The highest BCUT2D eigenvalue weighted by atomic mass is 32.2. The van der Waals surface area contributed by atoms with Crippen LogP contribution in [-0.2, 0) is 15.4 Å². The summed E-state index contributed by atoms with van der Waals surface area (Å²) in [4.78, 5) is 0.417. The summed E-state index contributed by atoms with van der Waals surface area (Å²) in [6.07, 6.45) is 6.36. The van der Waals surface area contributed by atoms with Gasteiger partial charge in [-0.05, 0) is 49.4 Å². The molecule has 1 aromatic carbocycles. The van der Waals surface area contributed by atoms with E-state index in [0.717, 1.165) is 42.4 Å². The van der Waals surface area contributed by atoms with Crippen LogP contribution in [0, 0.1) is 13.8 Å². The summed E-state index contributed by atoms with van der Waals surface area (Å²) in [7, 11) is -3.24. The molecule has 0 spiro atoms. The molecular weight excluding hydrogens is 258 g/mol. The first-order valence-corrected chi connectivity index (χ1v) is 8.74. The molecule has 1 aliphatic rings. The largest absolute Gasteiger partial charge is 0.321 e. The van der Waals surface area contributed by atoms with Gasteiger partial charge in [-0.2, -0.15) is 0 Å². The molecule has 0 unspecified atom stereocenters. The minimum atomic E-state index is -3.24. The molecule has 0 aliphatic heterocycles. The fraction of sp³-hybridized carbons (Fsp3) is 0.600. The Balaban J connectivity index is 2.64. The maximum atomic E-state index is 12.0. The average molecular weight is 281 g/mol. The van der Waals surface area contributed by atoms with Crippen LogP contribution >= 0.6 is 0 Å². The fourth-order valence-electron chi connectivity index (χ4n) is 2.94. The van der Waals surface area contributed by atoms with Gasteiger partial charge in [0.25, 0.3) is 0 Å². The number of hydrogen-bond acceptors (Lipinski definition) is 3. The van der Waals surface area contributed by atoms with Gasteiger partial charge in [0.1, 0.15) is 0 Å². The van der Waals surface area contributed by atoms with Gasteiger partial charge < -0.3 is 5.73 Å². The molecule has 0 atom stereocenters. The maximum Gasteiger partial charge on any atom is 0.175 e. The smallest absolute Gasteiger partial charge is 0.175 e. The van der Waals surface area contributed by atoms with E-state index in [1.165, 1.54) is 12.7 Å². The van der Waals surface area contributed by atoms with Crippen molar-refractivity contribution >= 4 is 9.84 Å². The van der Waals surface area contributed by atoms with Crippen LogP contribution in [0.5, 0.6) is 0 Å². The van der Waals surface area contributed by atoms with Crippen molar-refractivity contribution < 1.29 is 8.42 Å². The second-order valence-electron chi connectivity index (χ2n) is 5.92. The van der Waals surface area contributed by atoms with Crippen LogP contribution in [0.1, 0.15) is 48.8 Å². The molecule has 0 amide bonds. The first-order valence-electron chi connectivity index (χ1n) is 6.85. The molecule has 4 heteroatoms. The van der Waals surface area contributed by atoms with Crippen LogP contribution in [0.25, 0.3) is 0 Å². The summed E-state index contributed by atoms with van der Waals surface area (Å²) in [6, 6.07) is 3.76. The van der Waals surface area contributed by atoms with E-state index in [2.05, 4.69) is 0 Å². The molecule has 2 N–H and O–H groups in total. The highest BCUT2D eigenvalue weighted by Crippen LogP contribution is 2.38. The van der Waals surface area contributed by atoms with E-state index in [1.54, 1.807) is 6.07 Å². The van der Waals surface area contributed by atoms with E-state index in [9.17, 15) is 8.42 Å². The summed E-state index contributed by atoms with van der Waals surface area (Å²) in [6.45, 7) is 3.95. The van der Waals surface area contributed by atoms with Crippen molar-refractivity contribution in [1.82, 2.24) is 0 Å². The van der Waals surface area contributed by atoms with Gasteiger partial charge >= 0.3 is 0 Å². The van der Waals surface area contributed by atoms with Gasteiger partial charge in [-0.25, -0.2) is 8.42 Å².